The van der Waals surface area contributed by atoms with E-state index in [-0.39, 0.29) is 0 Å². The van der Waals surface area contributed by atoms with E-state index in [1.165, 1.54) is 36.5 Å². The number of nitrogens with zero attached hydrogens (tertiary/aromatic N) is 1. The molecule has 25 heavy (non-hydrogen) atoms. The first-order valence-electron chi connectivity index (χ1n) is 8.79. The van der Waals surface area contributed by atoms with Crippen molar-refractivity contribution in [3.05, 3.63) is 78.0 Å². The SMILES string of the molecule is CCCCCc1ccc(-c2ccc(C/C=C/C=C/C(=O)O)cc2)nc1. The lowest BCUT2D eigenvalue weighted by Crippen LogP contribution is -1.90. The van der Waals surface area contributed by atoms with Crippen LogP contribution in [0.25, 0.3) is 11.3 Å². The molecule has 0 fully saturated rings. The van der Waals surface area contributed by atoms with E-state index in [1.54, 1.807) is 6.08 Å². The van der Waals surface area contributed by atoms with Crippen molar-refractivity contribution >= 4 is 5.97 Å². The molecule has 0 saturated heterocycles. The number of unbranched alkanes of at least 4 members (excludes halogenated alkanes) is 2. The third-order valence-corrected chi connectivity index (χ3v) is 3.98. The van der Waals surface area contributed by atoms with Crippen LogP contribution in [-0.4, -0.2) is 16.1 Å². The molecule has 3 nitrogen and oxygen atoms in total. The van der Waals surface area contributed by atoms with Crippen molar-refractivity contribution in [3.63, 3.8) is 0 Å². The van der Waals surface area contributed by atoms with Gasteiger partial charge in [0.2, 0.25) is 0 Å². The Hall–Kier alpha value is -2.68. The summed E-state index contributed by atoms with van der Waals surface area (Å²) in [6, 6.07) is 12.6. The maximum atomic E-state index is 10.4. The van der Waals surface area contributed by atoms with Crippen LogP contribution in [0.1, 0.15) is 37.3 Å². The molecule has 1 heterocycles. The van der Waals surface area contributed by atoms with Crippen molar-refractivity contribution in [2.45, 2.75) is 39.0 Å². The minimum atomic E-state index is -0.933. The number of carbonyl (C=O) groups is 1. The number of aryl methyl sites for hydroxylation is 1. The fourth-order valence-corrected chi connectivity index (χ4v) is 2.55. The van der Waals surface area contributed by atoms with E-state index in [0.29, 0.717) is 0 Å². The standard InChI is InChI=1S/C22H25NO2/c1-2-3-5-9-19-13-16-21(23-17-19)20-14-11-18(12-15-20)8-6-4-7-10-22(24)25/h4,6-7,10-17H,2-3,5,8-9H2,1H3,(H,24,25)/b6-4+,10-7+. The van der Waals surface area contributed by atoms with Crippen LogP contribution in [-0.2, 0) is 17.6 Å². The number of pyridine rings is 1. The molecule has 0 aliphatic rings. The molecule has 0 unspecified atom stereocenters. The van der Waals surface area contributed by atoms with Crippen LogP contribution >= 0.6 is 0 Å². The lowest BCUT2D eigenvalue weighted by molar-refractivity contribution is -0.131. The van der Waals surface area contributed by atoms with Gasteiger partial charge in [-0.1, -0.05) is 68.3 Å². The van der Waals surface area contributed by atoms with Crippen LogP contribution in [0.5, 0.6) is 0 Å². The lowest BCUT2D eigenvalue weighted by Gasteiger charge is -2.05. The van der Waals surface area contributed by atoms with Crippen molar-refractivity contribution in [1.29, 1.82) is 0 Å². The summed E-state index contributed by atoms with van der Waals surface area (Å²) >= 11 is 0. The summed E-state index contributed by atoms with van der Waals surface area (Å²) in [7, 11) is 0. The molecular formula is C22H25NO2. The molecule has 1 N–H and O–H groups in total. The molecule has 0 radical (unpaired) electrons. The number of rotatable bonds is 9. The molecule has 130 valence electrons. The molecule has 1 aromatic carbocycles. The summed E-state index contributed by atoms with van der Waals surface area (Å²) in [5.41, 5.74) is 4.58. The number of carboxylic acid groups (broad SMARTS) is 1. The highest BCUT2D eigenvalue weighted by molar-refractivity contribution is 5.80. The summed E-state index contributed by atoms with van der Waals surface area (Å²) in [4.78, 5) is 14.9. The predicted octanol–water partition coefficient (Wildman–Crippen LogP) is 5.22. The van der Waals surface area contributed by atoms with Crippen molar-refractivity contribution in [1.82, 2.24) is 4.98 Å². The number of aromatic nitrogens is 1. The maximum absolute atomic E-state index is 10.4. The Morgan fingerprint density at radius 2 is 1.80 bits per heavy atom. The topological polar surface area (TPSA) is 50.2 Å². The van der Waals surface area contributed by atoms with Gasteiger partial charge in [-0.25, -0.2) is 4.79 Å². The van der Waals surface area contributed by atoms with Crippen molar-refractivity contribution < 1.29 is 9.90 Å². The Morgan fingerprint density at radius 1 is 1.04 bits per heavy atom. The van der Waals surface area contributed by atoms with Gasteiger partial charge >= 0.3 is 5.97 Å². The van der Waals surface area contributed by atoms with E-state index >= 15 is 0 Å². The molecule has 2 rings (SSSR count). The predicted molar refractivity (Wildman–Crippen MR) is 103 cm³/mol. The third kappa shape index (κ3) is 6.76. The van der Waals surface area contributed by atoms with Crippen molar-refractivity contribution in [2.75, 3.05) is 0 Å². The molecule has 0 aliphatic carbocycles. The fraction of sp³-hybridized carbons (Fsp3) is 0.273. The quantitative estimate of drug-likeness (QED) is 0.388. The highest BCUT2D eigenvalue weighted by Crippen LogP contribution is 2.19. The Morgan fingerprint density at radius 3 is 2.44 bits per heavy atom. The second-order valence-corrected chi connectivity index (χ2v) is 6.04. The second kappa shape index (κ2) is 10.2. The number of hydrogen-bond donors (Lipinski definition) is 1. The Labute approximate surface area is 149 Å². The fourth-order valence-electron chi connectivity index (χ4n) is 2.55. The largest absolute Gasteiger partial charge is 0.478 e. The average Bonchev–Trinajstić information content (AvgIpc) is 2.63. The number of aliphatic carboxylic acids is 1. The Kier molecular flexibility index (Phi) is 7.64. The van der Waals surface area contributed by atoms with Crippen LogP contribution < -0.4 is 0 Å². The van der Waals surface area contributed by atoms with Crippen LogP contribution in [0.2, 0.25) is 0 Å². The zero-order chi connectivity index (χ0) is 17.9. The smallest absolute Gasteiger partial charge is 0.328 e. The third-order valence-electron chi connectivity index (χ3n) is 3.98. The summed E-state index contributed by atoms with van der Waals surface area (Å²) in [6.45, 7) is 2.22. The average molecular weight is 335 g/mol. The minimum absolute atomic E-state index is 0.772. The van der Waals surface area contributed by atoms with Gasteiger partial charge in [0.25, 0.3) is 0 Å². The first-order chi connectivity index (χ1) is 12.2. The van der Waals surface area contributed by atoms with Crippen LogP contribution in [0, 0.1) is 0 Å². The van der Waals surface area contributed by atoms with Gasteiger partial charge in [-0.05, 0) is 36.5 Å². The summed E-state index contributed by atoms with van der Waals surface area (Å²) in [5, 5.41) is 8.51. The van der Waals surface area contributed by atoms with Gasteiger partial charge in [0, 0.05) is 17.8 Å². The van der Waals surface area contributed by atoms with Crippen molar-refractivity contribution in [3.8, 4) is 11.3 Å². The van der Waals surface area contributed by atoms with E-state index < -0.39 is 5.97 Å². The number of allylic oxidation sites excluding steroid dienone is 3. The van der Waals surface area contributed by atoms with Gasteiger partial charge in [0.15, 0.2) is 0 Å². The Balaban J connectivity index is 1.91. The zero-order valence-corrected chi connectivity index (χ0v) is 14.7. The molecule has 0 spiro atoms. The molecule has 1 aromatic heterocycles. The highest BCUT2D eigenvalue weighted by Gasteiger charge is 2.00. The molecule has 0 aliphatic heterocycles. The lowest BCUT2D eigenvalue weighted by atomic mass is 10.0. The van der Waals surface area contributed by atoms with E-state index in [0.717, 1.165) is 30.2 Å². The first-order valence-corrected chi connectivity index (χ1v) is 8.79. The summed E-state index contributed by atoms with van der Waals surface area (Å²) in [6.07, 6.45) is 13.9. The van der Waals surface area contributed by atoms with E-state index in [1.807, 2.05) is 12.3 Å². The van der Waals surface area contributed by atoms with Gasteiger partial charge in [-0.2, -0.15) is 0 Å². The molecule has 3 heteroatoms. The molecule has 0 saturated carbocycles. The van der Waals surface area contributed by atoms with Gasteiger partial charge in [-0.15, -0.1) is 0 Å². The maximum Gasteiger partial charge on any atom is 0.328 e. The Bertz CT molecular complexity index is 713. The van der Waals surface area contributed by atoms with Gasteiger partial charge in [0.1, 0.15) is 0 Å². The first kappa shape index (κ1) is 18.7. The zero-order valence-electron chi connectivity index (χ0n) is 14.7. The molecule has 0 bridgehead atoms. The van der Waals surface area contributed by atoms with Crippen LogP contribution in [0.15, 0.2) is 66.9 Å². The summed E-state index contributed by atoms with van der Waals surface area (Å²) < 4.78 is 0. The van der Waals surface area contributed by atoms with E-state index in [4.69, 9.17) is 5.11 Å². The highest BCUT2D eigenvalue weighted by atomic mass is 16.4. The molecule has 0 amide bonds. The van der Waals surface area contributed by atoms with Crippen molar-refractivity contribution in [2.24, 2.45) is 0 Å². The summed E-state index contributed by atoms with van der Waals surface area (Å²) in [5.74, 6) is -0.933. The molecule has 2 aromatic rings. The second-order valence-electron chi connectivity index (χ2n) is 6.04. The van der Waals surface area contributed by atoms with Gasteiger partial charge in [-0.3, -0.25) is 4.98 Å². The van der Waals surface area contributed by atoms with Gasteiger partial charge < -0.3 is 5.11 Å². The number of carboxylic acids is 1. The number of benzene rings is 1. The van der Waals surface area contributed by atoms with E-state index in [2.05, 4.69) is 48.3 Å². The minimum Gasteiger partial charge on any atom is -0.478 e. The normalized spacial score (nSPS) is 11.4. The van der Waals surface area contributed by atoms with Crippen LogP contribution in [0.3, 0.4) is 0 Å². The van der Waals surface area contributed by atoms with E-state index in [9.17, 15) is 4.79 Å². The molecular weight excluding hydrogens is 310 g/mol. The van der Waals surface area contributed by atoms with Crippen LogP contribution in [0.4, 0.5) is 0 Å². The van der Waals surface area contributed by atoms with Gasteiger partial charge in [0.05, 0.1) is 5.69 Å². The number of hydrogen-bond acceptors (Lipinski definition) is 2. The monoisotopic (exact) mass is 335 g/mol. The molecule has 0 atom stereocenters.